The van der Waals surface area contributed by atoms with Crippen LogP contribution in [0.2, 0.25) is 0 Å². The lowest BCUT2D eigenvalue weighted by Crippen LogP contribution is -2.45. The first-order chi connectivity index (χ1) is 9.71. The number of nitrogens with zero attached hydrogens (tertiary/aromatic N) is 1. The maximum atomic E-state index is 5.58. The second kappa shape index (κ2) is 7.12. The Morgan fingerprint density at radius 2 is 1.85 bits per heavy atom. The molecular weight excluding hydrogens is 246 g/mol. The molecule has 0 N–H and O–H groups in total. The smallest absolute Gasteiger partial charge is 0.122 e. The summed E-state index contributed by atoms with van der Waals surface area (Å²) in [5.41, 5.74) is 2.93. The number of hydrogen-bond donors (Lipinski definition) is 0. The van der Waals surface area contributed by atoms with Crippen molar-refractivity contribution in [1.82, 2.24) is 4.90 Å². The third kappa shape index (κ3) is 3.17. The van der Waals surface area contributed by atoms with Crippen molar-refractivity contribution in [3.63, 3.8) is 0 Å². The molecule has 0 amide bonds. The first-order valence-corrected chi connectivity index (χ1v) is 8.10. The normalized spacial score (nSPS) is 21.9. The van der Waals surface area contributed by atoms with Crippen LogP contribution in [-0.2, 0) is 12.8 Å². The Bertz CT molecular complexity index is 423. The van der Waals surface area contributed by atoms with E-state index in [0.29, 0.717) is 6.04 Å². The summed E-state index contributed by atoms with van der Waals surface area (Å²) < 4.78 is 5.58. The largest absolute Gasteiger partial charge is 0.496 e. The van der Waals surface area contributed by atoms with Crippen LogP contribution in [0, 0.1) is 5.92 Å². The van der Waals surface area contributed by atoms with Crippen molar-refractivity contribution >= 4 is 0 Å². The molecule has 2 heteroatoms. The van der Waals surface area contributed by atoms with Gasteiger partial charge in [-0.3, -0.25) is 4.90 Å². The van der Waals surface area contributed by atoms with Crippen molar-refractivity contribution in [2.24, 2.45) is 5.92 Å². The fourth-order valence-electron chi connectivity index (χ4n) is 3.63. The van der Waals surface area contributed by atoms with E-state index in [9.17, 15) is 0 Å². The summed E-state index contributed by atoms with van der Waals surface area (Å²) in [6.45, 7) is 9.40. The van der Waals surface area contributed by atoms with Crippen LogP contribution in [0.1, 0.15) is 44.7 Å². The molecule has 2 nitrogen and oxygen atoms in total. The van der Waals surface area contributed by atoms with Crippen LogP contribution < -0.4 is 4.74 Å². The van der Waals surface area contributed by atoms with Gasteiger partial charge in [-0.1, -0.05) is 32.9 Å². The average Bonchev–Trinajstić information content (AvgIpc) is 2.45. The minimum Gasteiger partial charge on any atom is -0.496 e. The average molecular weight is 275 g/mol. The third-order valence-corrected chi connectivity index (χ3v) is 4.55. The van der Waals surface area contributed by atoms with E-state index in [2.05, 4.69) is 43.9 Å². The highest BCUT2D eigenvalue weighted by molar-refractivity contribution is 5.42. The van der Waals surface area contributed by atoms with Gasteiger partial charge in [-0.15, -0.1) is 0 Å². The van der Waals surface area contributed by atoms with Gasteiger partial charge in [0.05, 0.1) is 7.11 Å². The summed E-state index contributed by atoms with van der Waals surface area (Å²) in [4.78, 5) is 2.69. The van der Waals surface area contributed by atoms with Crippen molar-refractivity contribution in [3.05, 3.63) is 29.3 Å². The fraction of sp³-hybridized carbons (Fsp3) is 0.667. The predicted molar refractivity (Wildman–Crippen MR) is 85.5 cm³/mol. The Hall–Kier alpha value is -1.02. The monoisotopic (exact) mass is 275 g/mol. The molecule has 0 aromatic heterocycles. The zero-order valence-electron chi connectivity index (χ0n) is 13.5. The van der Waals surface area contributed by atoms with Crippen LogP contribution in [0.5, 0.6) is 5.75 Å². The molecule has 1 aromatic rings. The summed E-state index contributed by atoms with van der Waals surface area (Å²) in [6, 6.07) is 7.17. The molecular formula is C18H29NO. The molecule has 0 fully saturated rings. The summed E-state index contributed by atoms with van der Waals surface area (Å²) in [6.07, 6.45) is 4.80. The zero-order valence-corrected chi connectivity index (χ0v) is 13.5. The van der Waals surface area contributed by atoms with E-state index in [4.69, 9.17) is 4.74 Å². The molecule has 0 unspecified atom stereocenters. The van der Waals surface area contributed by atoms with Gasteiger partial charge in [0.2, 0.25) is 0 Å². The van der Waals surface area contributed by atoms with Gasteiger partial charge in [-0.2, -0.15) is 0 Å². The molecule has 0 bridgehead atoms. The van der Waals surface area contributed by atoms with Crippen LogP contribution in [0.4, 0.5) is 0 Å². The van der Waals surface area contributed by atoms with Crippen molar-refractivity contribution < 1.29 is 4.74 Å². The molecule has 0 heterocycles. The second-order valence-corrected chi connectivity index (χ2v) is 6.09. The Morgan fingerprint density at radius 1 is 1.15 bits per heavy atom. The van der Waals surface area contributed by atoms with Gasteiger partial charge in [-0.05, 0) is 61.9 Å². The van der Waals surface area contributed by atoms with E-state index in [0.717, 1.165) is 18.1 Å². The topological polar surface area (TPSA) is 12.5 Å². The van der Waals surface area contributed by atoms with Gasteiger partial charge >= 0.3 is 0 Å². The lowest BCUT2D eigenvalue weighted by Gasteiger charge is -2.39. The first kappa shape index (κ1) is 15.4. The minimum absolute atomic E-state index is 0.665. The van der Waals surface area contributed by atoms with Gasteiger partial charge in [0.25, 0.3) is 0 Å². The van der Waals surface area contributed by atoms with E-state index in [1.54, 1.807) is 7.11 Å². The Labute approximate surface area is 124 Å². The SMILES string of the molecule is CCCN(CCC)[C@H]1Cc2c(cccc2OC)C[C@@H]1C. The Balaban J connectivity index is 2.24. The number of methoxy groups -OCH3 is 1. The van der Waals surface area contributed by atoms with E-state index < -0.39 is 0 Å². The van der Waals surface area contributed by atoms with Gasteiger partial charge in [0.1, 0.15) is 5.75 Å². The number of hydrogen-bond acceptors (Lipinski definition) is 2. The van der Waals surface area contributed by atoms with Gasteiger partial charge in [-0.25, -0.2) is 0 Å². The molecule has 2 rings (SSSR count). The molecule has 0 radical (unpaired) electrons. The zero-order chi connectivity index (χ0) is 14.5. The highest BCUT2D eigenvalue weighted by Crippen LogP contribution is 2.34. The number of fused-ring (bicyclic) bond motifs is 1. The van der Waals surface area contributed by atoms with E-state index in [-0.39, 0.29) is 0 Å². The Kier molecular flexibility index (Phi) is 5.47. The highest BCUT2D eigenvalue weighted by Gasteiger charge is 2.30. The summed E-state index contributed by atoms with van der Waals surface area (Å²) >= 11 is 0. The van der Waals surface area contributed by atoms with Crippen LogP contribution in [-0.4, -0.2) is 31.1 Å². The molecule has 0 saturated heterocycles. The van der Waals surface area contributed by atoms with E-state index in [1.807, 2.05) is 0 Å². The van der Waals surface area contributed by atoms with Gasteiger partial charge in [0.15, 0.2) is 0 Å². The van der Waals surface area contributed by atoms with Crippen LogP contribution >= 0.6 is 0 Å². The lowest BCUT2D eigenvalue weighted by atomic mass is 9.80. The molecule has 0 spiro atoms. The maximum absolute atomic E-state index is 5.58. The van der Waals surface area contributed by atoms with Crippen molar-refractivity contribution in [3.8, 4) is 5.75 Å². The summed E-state index contributed by atoms with van der Waals surface area (Å²) in [5.74, 6) is 1.81. The number of ether oxygens (including phenoxy) is 1. The third-order valence-electron chi connectivity index (χ3n) is 4.55. The second-order valence-electron chi connectivity index (χ2n) is 6.09. The van der Waals surface area contributed by atoms with Crippen molar-refractivity contribution in [1.29, 1.82) is 0 Å². The molecule has 20 heavy (non-hydrogen) atoms. The Morgan fingerprint density at radius 3 is 2.45 bits per heavy atom. The first-order valence-electron chi connectivity index (χ1n) is 8.10. The molecule has 112 valence electrons. The lowest BCUT2D eigenvalue weighted by molar-refractivity contribution is 0.138. The maximum Gasteiger partial charge on any atom is 0.122 e. The minimum atomic E-state index is 0.665. The standard InChI is InChI=1S/C18H29NO/c1-5-10-19(11-6-2)17-13-16-15(12-14(17)3)8-7-9-18(16)20-4/h7-9,14,17H,5-6,10-13H2,1-4H3/t14-,17-/m0/s1. The summed E-state index contributed by atoms with van der Waals surface area (Å²) in [7, 11) is 1.79. The van der Waals surface area contributed by atoms with Crippen molar-refractivity contribution in [2.45, 2.75) is 52.5 Å². The van der Waals surface area contributed by atoms with Gasteiger partial charge < -0.3 is 4.74 Å². The molecule has 1 aliphatic rings. The van der Waals surface area contributed by atoms with E-state index >= 15 is 0 Å². The van der Waals surface area contributed by atoms with E-state index in [1.165, 1.54) is 43.5 Å². The molecule has 1 aromatic carbocycles. The van der Waals surface area contributed by atoms with Gasteiger partial charge in [0, 0.05) is 6.04 Å². The highest BCUT2D eigenvalue weighted by atomic mass is 16.5. The predicted octanol–water partition coefficient (Wildman–Crippen LogP) is 3.92. The fourth-order valence-corrected chi connectivity index (χ4v) is 3.63. The molecule has 0 aliphatic heterocycles. The summed E-state index contributed by atoms with van der Waals surface area (Å²) in [5, 5.41) is 0. The number of rotatable bonds is 6. The van der Waals surface area contributed by atoms with Crippen LogP contribution in [0.3, 0.4) is 0 Å². The van der Waals surface area contributed by atoms with Crippen LogP contribution in [0.15, 0.2) is 18.2 Å². The number of benzene rings is 1. The van der Waals surface area contributed by atoms with Crippen LogP contribution in [0.25, 0.3) is 0 Å². The van der Waals surface area contributed by atoms with Crippen molar-refractivity contribution in [2.75, 3.05) is 20.2 Å². The molecule has 0 saturated carbocycles. The quantitative estimate of drug-likeness (QED) is 0.780. The molecule has 2 atom stereocenters. The molecule has 1 aliphatic carbocycles.